The van der Waals surface area contributed by atoms with Crippen LogP contribution in [0.25, 0.3) is 0 Å². The summed E-state index contributed by atoms with van der Waals surface area (Å²) in [4.78, 5) is 31.0. The number of thiazole rings is 1. The predicted octanol–water partition coefficient (Wildman–Crippen LogP) is 3.05. The van der Waals surface area contributed by atoms with Crippen molar-refractivity contribution in [1.82, 2.24) is 15.2 Å². The van der Waals surface area contributed by atoms with Crippen molar-refractivity contribution in [2.24, 2.45) is 11.8 Å². The van der Waals surface area contributed by atoms with E-state index >= 15 is 0 Å². The van der Waals surface area contributed by atoms with E-state index in [0.29, 0.717) is 42.2 Å². The summed E-state index contributed by atoms with van der Waals surface area (Å²) in [6.07, 6.45) is 8.62. The van der Waals surface area contributed by atoms with Gasteiger partial charge in [0.2, 0.25) is 5.91 Å². The van der Waals surface area contributed by atoms with Gasteiger partial charge in [-0.3, -0.25) is 9.59 Å². The average molecular weight is 379 g/mol. The number of piperidine rings is 1. The van der Waals surface area contributed by atoms with E-state index in [-0.39, 0.29) is 17.9 Å². The third-order valence-electron chi connectivity index (χ3n) is 5.83. The van der Waals surface area contributed by atoms with Gasteiger partial charge < -0.3 is 16.0 Å². The standard InChI is InChI=1S/C19H30N4O2S/c1-2-14-11-23(18(25)16-12-26-19(20)22-16)9-8-15(14)21-17(24)10-13-6-4-3-5-7-13/h12-15H,2-11H2,1H3,(H2,20,22)(H,21,24)/t14-,15+/m1/s1. The molecule has 3 N–H and O–H groups in total. The molecule has 3 rings (SSSR count). The van der Waals surface area contributed by atoms with Crippen LogP contribution in [0.3, 0.4) is 0 Å². The van der Waals surface area contributed by atoms with Crippen LogP contribution in [0.4, 0.5) is 5.13 Å². The van der Waals surface area contributed by atoms with Crippen LogP contribution in [0.2, 0.25) is 0 Å². The maximum absolute atomic E-state index is 12.6. The lowest BCUT2D eigenvalue weighted by molar-refractivity contribution is -0.123. The van der Waals surface area contributed by atoms with Crippen LogP contribution in [0.15, 0.2) is 5.38 Å². The highest BCUT2D eigenvalue weighted by Crippen LogP contribution is 2.27. The Morgan fingerprint density at radius 1 is 1.31 bits per heavy atom. The molecule has 1 aliphatic heterocycles. The number of nitrogen functional groups attached to an aromatic ring is 1. The first-order chi connectivity index (χ1) is 12.6. The fraction of sp³-hybridized carbons (Fsp3) is 0.737. The molecule has 7 heteroatoms. The van der Waals surface area contributed by atoms with Crippen LogP contribution in [0, 0.1) is 11.8 Å². The smallest absolute Gasteiger partial charge is 0.273 e. The summed E-state index contributed by atoms with van der Waals surface area (Å²) in [7, 11) is 0. The summed E-state index contributed by atoms with van der Waals surface area (Å²) < 4.78 is 0. The summed E-state index contributed by atoms with van der Waals surface area (Å²) in [6, 6.07) is 0.167. The van der Waals surface area contributed by atoms with E-state index in [4.69, 9.17) is 5.73 Å². The van der Waals surface area contributed by atoms with E-state index in [9.17, 15) is 9.59 Å². The zero-order valence-corrected chi connectivity index (χ0v) is 16.4. The number of aromatic nitrogens is 1. The number of nitrogens with one attached hydrogen (secondary N) is 1. The molecule has 2 amide bonds. The Hall–Kier alpha value is -1.63. The van der Waals surface area contributed by atoms with Gasteiger partial charge in [0.15, 0.2) is 5.13 Å². The maximum Gasteiger partial charge on any atom is 0.273 e. The summed E-state index contributed by atoms with van der Waals surface area (Å²) in [6.45, 7) is 3.45. The number of likely N-dealkylation sites (tertiary alicyclic amines) is 1. The number of nitrogens with two attached hydrogens (primary N) is 1. The van der Waals surface area contributed by atoms with Crippen molar-refractivity contribution in [3.63, 3.8) is 0 Å². The quantitative estimate of drug-likeness (QED) is 0.824. The third-order valence-corrected chi connectivity index (χ3v) is 6.51. The Morgan fingerprint density at radius 2 is 2.08 bits per heavy atom. The number of carbonyl (C=O) groups excluding carboxylic acids is 2. The van der Waals surface area contributed by atoms with E-state index in [2.05, 4.69) is 17.2 Å². The molecule has 0 spiro atoms. The molecule has 1 saturated heterocycles. The van der Waals surface area contributed by atoms with Crippen molar-refractivity contribution in [2.75, 3.05) is 18.8 Å². The number of anilines is 1. The van der Waals surface area contributed by atoms with E-state index in [0.717, 1.165) is 12.8 Å². The van der Waals surface area contributed by atoms with Crippen molar-refractivity contribution in [2.45, 2.75) is 64.3 Å². The lowest BCUT2D eigenvalue weighted by Crippen LogP contribution is -2.52. The molecule has 26 heavy (non-hydrogen) atoms. The fourth-order valence-electron chi connectivity index (χ4n) is 4.29. The number of hydrogen-bond acceptors (Lipinski definition) is 5. The second-order valence-electron chi connectivity index (χ2n) is 7.66. The van der Waals surface area contributed by atoms with Gasteiger partial charge in [-0.15, -0.1) is 11.3 Å². The topological polar surface area (TPSA) is 88.3 Å². The minimum Gasteiger partial charge on any atom is -0.375 e. The molecule has 0 unspecified atom stereocenters. The van der Waals surface area contributed by atoms with Gasteiger partial charge in [0.05, 0.1) is 0 Å². The van der Waals surface area contributed by atoms with Gasteiger partial charge in [-0.1, -0.05) is 26.2 Å². The molecule has 0 bridgehead atoms. The average Bonchev–Trinajstić information content (AvgIpc) is 3.08. The molecule has 1 aromatic heterocycles. The second-order valence-corrected chi connectivity index (χ2v) is 8.55. The van der Waals surface area contributed by atoms with Crippen molar-refractivity contribution < 1.29 is 9.59 Å². The molecule has 2 atom stereocenters. The lowest BCUT2D eigenvalue weighted by Gasteiger charge is -2.38. The molecular weight excluding hydrogens is 348 g/mol. The molecule has 2 heterocycles. The van der Waals surface area contributed by atoms with Crippen molar-refractivity contribution in [3.05, 3.63) is 11.1 Å². The van der Waals surface area contributed by atoms with Gasteiger partial charge in [-0.2, -0.15) is 0 Å². The van der Waals surface area contributed by atoms with Gasteiger partial charge in [0.25, 0.3) is 5.91 Å². The number of hydrogen-bond donors (Lipinski definition) is 2. The number of rotatable bonds is 5. The second kappa shape index (κ2) is 8.84. The van der Waals surface area contributed by atoms with Crippen LogP contribution in [0.1, 0.15) is 68.8 Å². The van der Waals surface area contributed by atoms with Crippen LogP contribution < -0.4 is 11.1 Å². The molecule has 1 aromatic rings. The Morgan fingerprint density at radius 3 is 2.73 bits per heavy atom. The van der Waals surface area contributed by atoms with Crippen molar-refractivity contribution in [3.8, 4) is 0 Å². The maximum atomic E-state index is 12.6. The Kier molecular flexibility index (Phi) is 6.51. The Bertz CT molecular complexity index is 627. The van der Waals surface area contributed by atoms with Crippen LogP contribution in [0.5, 0.6) is 0 Å². The van der Waals surface area contributed by atoms with E-state index in [1.165, 1.54) is 43.4 Å². The van der Waals surface area contributed by atoms with Gasteiger partial charge in [0, 0.05) is 30.9 Å². The fourth-order valence-corrected chi connectivity index (χ4v) is 4.82. The number of carbonyl (C=O) groups is 2. The van der Waals surface area contributed by atoms with Gasteiger partial charge in [0.1, 0.15) is 5.69 Å². The summed E-state index contributed by atoms with van der Waals surface area (Å²) in [5.74, 6) is 0.982. The highest BCUT2D eigenvalue weighted by molar-refractivity contribution is 7.13. The molecule has 144 valence electrons. The lowest BCUT2D eigenvalue weighted by atomic mass is 9.86. The van der Waals surface area contributed by atoms with Crippen molar-refractivity contribution in [1.29, 1.82) is 0 Å². The van der Waals surface area contributed by atoms with Crippen LogP contribution in [-0.4, -0.2) is 40.8 Å². The first-order valence-corrected chi connectivity index (χ1v) is 10.7. The molecule has 1 aliphatic carbocycles. The molecule has 2 fully saturated rings. The Labute approximate surface area is 159 Å². The summed E-state index contributed by atoms with van der Waals surface area (Å²) >= 11 is 1.29. The number of nitrogens with zero attached hydrogens (tertiary/aromatic N) is 2. The minimum atomic E-state index is -0.0524. The predicted molar refractivity (Wildman–Crippen MR) is 104 cm³/mol. The first-order valence-electron chi connectivity index (χ1n) is 9.86. The van der Waals surface area contributed by atoms with Gasteiger partial charge in [-0.05, 0) is 37.5 Å². The summed E-state index contributed by atoms with van der Waals surface area (Å²) in [5.41, 5.74) is 6.07. The number of amides is 2. The van der Waals surface area contributed by atoms with E-state index in [1.807, 2.05) is 4.90 Å². The zero-order valence-electron chi connectivity index (χ0n) is 15.6. The Balaban J connectivity index is 1.52. The first kappa shape index (κ1) is 19.1. The molecule has 2 aliphatic rings. The molecular formula is C19H30N4O2S. The SMILES string of the molecule is CC[C@@H]1CN(C(=O)c2csc(N)n2)CC[C@@H]1NC(=O)CC1CCCCC1. The van der Waals surface area contributed by atoms with Gasteiger partial charge >= 0.3 is 0 Å². The summed E-state index contributed by atoms with van der Waals surface area (Å²) in [5, 5.41) is 5.40. The van der Waals surface area contributed by atoms with Crippen LogP contribution in [-0.2, 0) is 4.79 Å². The van der Waals surface area contributed by atoms with E-state index < -0.39 is 0 Å². The highest BCUT2D eigenvalue weighted by Gasteiger charge is 2.32. The molecule has 6 nitrogen and oxygen atoms in total. The normalized spacial score (nSPS) is 24.4. The monoisotopic (exact) mass is 378 g/mol. The molecule has 0 radical (unpaired) electrons. The van der Waals surface area contributed by atoms with Crippen molar-refractivity contribution >= 4 is 28.3 Å². The third kappa shape index (κ3) is 4.75. The van der Waals surface area contributed by atoms with Gasteiger partial charge in [-0.25, -0.2) is 4.98 Å². The largest absolute Gasteiger partial charge is 0.375 e. The molecule has 0 aromatic carbocycles. The molecule has 1 saturated carbocycles. The highest BCUT2D eigenvalue weighted by atomic mass is 32.1. The van der Waals surface area contributed by atoms with E-state index in [1.54, 1.807) is 5.38 Å². The zero-order chi connectivity index (χ0) is 18.5. The van der Waals surface area contributed by atoms with Crippen LogP contribution >= 0.6 is 11.3 Å². The minimum absolute atomic E-state index is 0.0524.